The highest BCUT2D eigenvalue weighted by atomic mass is 16.6. The van der Waals surface area contributed by atoms with Crippen molar-refractivity contribution in [3.05, 3.63) is 52.8 Å². The van der Waals surface area contributed by atoms with E-state index in [1.165, 1.54) is 19.4 Å². The summed E-state index contributed by atoms with van der Waals surface area (Å²) in [6.07, 6.45) is 4.15. The molecule has 1 fully saturated rings. The predicted octanol–water partition coefficient (Wildman–Crippen LogP) is 5.32. The lowest BCUT2D eigenvalue weighted by Gasteiger charge is -2.40. The molecule has 0 spiro atoms. The van der Waals surface area contributed by atoms with Gasteiger partial charge in [-0.25, -0.2) is 9.78 Å². The molecule has 1 atom stereocenters. The van der Waals surface area contributed by atoms with Gasteiger partial charge in [-0.1, -0.05) is 19.9 Å². The van der Waals surface area contributed by atoms with Crippen LogP contribution in [0.2, 0.25) is 0 Å². The molecular weight excluding hydrogens is 520 g/mol. The van der Waals surface area contributed by atoms with Crippen LogP contribution in [0.3, 0.4) is 0 Å². The number of rotatable bonds is 4. The molecular formula is C32H42N4O5. The normalized spacial score (nSPS) is 18.1. The Balaban J connectivity index is 1.63. The summed E-state index contributed by atoms with van der Waals surface area (Å²) in [5.41, 5.74) is 4.97. The molecule has 2 aliphatic heterocycles. The van der Waals surface area contributed by atoms with Gasteiger partial charge >= 0.3 is 6.09 Å². The fourth-order valence-electron chi connectivity index (χ4n) is 5.78. The molecule has 220 valence electrons. The Labute approximate surface area is 241 Å². The summed E-state index contributed by atoms with van der Waals surface area (Å²) >= 11 is 0. The molecule has 3 aromatic rings. The summed E-state index contributed by atoms with van der Waals surface area (Å²) in [6, 6.07) is 6.07. The number of ether oxygens (including phenoxy) is 2. The Morgan fingerprint density at radius 2 is 1.88 bits per heavy atom. The van der Waals surface area contributed by atoms with Crippen molar-refractivity contribution in [3.63, 3.8) is 0 Å². The number of aliphatic hydroxyl groups is 1. The molecule has 1 saturated heterocycles. The maximum absolute atomic E-state index is 13.4. The number of aromatic nitrogens is 2. The van der Waals surface area contributed by atoms with E-state index in [0.29, 0.717) is 45.2 Å². The van der Waals surface area contributed by atoms with Crippen molar-refractivity contribution in [3.8, 4) is 11.1 Å². The molecule has 9 nitrogen and oxygen atoms in total. The number of fused-ring (bicyclic) bond motifs is 2. The molecule has 1 unspecified atom stereocenters. The number of hydrogen-bond donors (Lipinski definition) is 2. The van der Waals surface area contributed by atoms with Gasteiger partial charge in [0.15, 0.2) is 0 Å². The van der Waals surface area contributed by atoms with E-state index in [9.17, 15) is 14.7 Å². The van der Waals surface area contributed by atoms with Crippen molar-refractivity contribution in [2.45, 2.75) is 84.6 Å². The van der Waals surface area contributed by atoms with E-state index in [4.69, 9.17) is 14.5 Å². The molecule has 1 aromatic carbocycles. The summed E-state index contributed by atoms with van der Waals surface area (Å²) in [4.78, 5) is 37.9. The number of nitrogens with zero attached hydrogens (tertiary/aromatic N) is 3. The van der Waals surface area contributed by atoms with Crippen LogP contribution in [0.15, 0.2) is 30.6 Å². The van der Waals surface area contributed by atoms with Gasteiger partial charge in [-0.15, -0.1) is 0 Å². The number of carbonyl (C=O) groups excluding carboxylic acids is 2. The molecule has 0 radical (unpaired) electrons. The third-order valence-electron chi connectivity index (χ3n) is 7.82. The van der Waals surface area contributed by atoms with Crippen LogP contribution in [-0.2, 0) is 27.2 Å². The predicted molar refractivity (Wildman–Crippen MR) is 158 cm³/mol. The van der Waals surface area contributed by atoms with E-state index in [0.717, 1.165) is 38.9 Å². The van der Waals surface area contributed by atoms with E-state index in [2.05, 4.69) is 37.0 Å². The number of amides is 2. The first-order chi connectivity index (χ1) is 19.2. The number of pyridine rings is 1. The first kappa shape index (κ1) is 29.1. The second-order valence-electron chi connectivity index (χ2n) is 13.0. The zero-order valence-electron chi connectivity index (χ0n) is 25.2. The number of H-pyrrole nitrogens is 1. The van der Waals surface area contributed by atoms with Crippen molar-refractivity contribution in [2.24, 2.45) is 0 Å². The van der Waals surface area contributed by atoms with Crippen LogP contribution in [-0.4, -0.2) is 74.4 Å². The molecule has 4 heterocycles. The Morgan fingerprint density at radius 3 is 2.56 bits per heavy atom. The monoisotopic (exact) mass is 562 g/mol. The quantitative estimate of drug-likeness (QED) is 0.446. The molecule has 9 heteroatoms. The largest absolute Gasteiger partial charge is 0.444 e. The molecule has 5 rings (SSSR count). The average Bonchev–Trinajstić information content (AvgIpc) is 3.34. The fraction of sp³-hybridized carbons (Fsp3) is 0.531. The molecule has 0 saturated carbocycles. The second kappa shape index (κ2) is 10.8. The van der Waals surface area contributed by atoms with Crippen LogP contribution in [0.1, 0.15) is 82.7 Å². The first-order valence-corrected chi connectivity index (χ1v) is 14.4. The van der Waals surface area contributed by atoms with Crippen LogP contribution in [0.25, 0.3) is 22.2 Å². The molecule has 2 N–H and O–H groups in total. The summed E-state index contributed by atoms with van der Waals surface area (Å²) in [7, 11) is 0. The van der Waals surface area contributed by atoms with Gasteiger partial charge in [-0.3, -0.25) is 9.69 Å². The minimum absolute atomic E-state index is 0.314. The molecule has 0 bridgehead atoms. The van der Waals surface area contributed by atoms with Gasteiger partial charge in [0.25, 0.3) is 5.91 Å². The lowest BCUT2D eigenvalue weighted by molar-refractivity contribution is -0.148. The SMILES string of the molecule is CC(C)c1c[nH]c2ncc(-c3cc4c(c(C5COCCN5C(=O)OC(C)(C)C)c3)CN(C(=O)C(C)(C)O)CC4)cc12. The highest BCUT2D eigenvalue weighted by Gasteiger charge is 2.37. The maximum Gasteiger partial charge on any atom is 0.410 e. The Kier molecular flexibility index (Phi) is 7.63. The van der Waals surface area contributed by atoms with E-state index < -0.39 is 11.2 Å². The van der Waals surface area contributed by atoms with Crippen LogP contribution in [0.4, 0.5) is 4.79 Å². The van der Waals surface area contributed by atoms with Crippen molar-refractivity contribution in [1.29, 1.82) is 0 Å². The fourth-order valence-corrected chi connectivity index (χ4v) is 5.78. The minimum Gasteiger partial charge on any atom is -0.444 e. The van der Waals surface area contributed by atoms with Gasteiger partial charge in [0.1, 0.15) is 16.8 Å². The zero-order chi connectivity index (χ0) is 29.7. The minimum atomic E-state index is -1.47. The summed E-state index contributed by atoms with van der Waals surface area (Å²) in [5, 5.41) is 11.6. The molecule has 41 heavy (non-hydrogen) atoms. The van der Waals surface area contributed by atoms with Crippen LogP contribution in [0, 0.1) is 0 Å². The van der Waals surface area contributed by atoms with E-state index >= 15 is 0 Å². The first-order valence-electron chi connectivity index (χ1n) is 14.4. The van der Waals surface area contributed by atoms with Crippen molar-refractivity contribution in [2.75, 3.05) is 26.3 Å². The van der Waals surface area contributed by atoms with Gasteiger partial charge in [-0.2, -0.15) is 0 Å². The lowest BCUT2D eigenvalue weighted by Crippen LogP contribution is -2.48. The molecule has 2 aliphatic rings. The zero-order valence-corrected chi connectivity index (χ0v) is 25.2. The maximum atomic E-state index is 13.4. The average molecular weight is 563 g/mol. The Bertz CT molecular complexity index is 1460. The number of aromatic amines is 1. The third-order valence-corrected chi connectivity index (χ3v) is 7.82. The number of nitrogens with one attached hydrogen (secondary N) is 1. The van der Waals surface area contributed by atoms with Gasteiger partial charge in [0.2, 0.25) is 0 Å². The number of hydrogen-bond acceptors (Lipinski definition) is 6. The van der Waals surface area contributed by atoms with Crippen molar-refractivity contribution < 1.29 is 24.2 Å². The topological polar surface area (TPSA) is 108 Å². The Hall–Kier alpha value is -3.43. The van der Waals surface area contributed by atoms with Crippen LogP contribution < -0.4 is 0 Å². The third kappa shape index (κ3) is 5.97. The van der Waals surface area contributed by atoms with E-state index in [1.807, 2.05) is 33.2 Å². The molecule has 0 aliphatic carbocycles. The van der Waals surface area contributed by atoms with Gasteiger partial charge in [0, 0.05) is 43.0 Å². The summed E-state index contributed by atoms with van der Waals surface area (Å²) in [5.74, 6) is 0.0337. The lowest BCUT2D eigenvalue weighted by atomic mass is 9.86. The number of carbonyl (C=O) groups is 2. The van der Waals surface area contributed by atoms with Crippen LogP contribution in [0.5, 0.6) is 0 Å². The standard InChI is InChI=1S/C32H42N4O5/c1-19(2)25-16-34-28-24(25)14-22(15-33-28)21-12-20-8-9-35(29(37)32(6,7)39)17-26(20)23(13-21)27-18-40-11-10-36(27)30(38)41-31(3,4)5/h12-16,19,27,39H,8-11,17-18H2,1-7H3,(H,33,34). The Morgan fingerprint density at radius 1 is 1.12 bits per heavy atom. The summed E-state index contributed by atoms with van der Waals surface area (Å²) in [6.45, 7) is 14.9. The van der Waals surface area contributed by atoms with Gasteiger partial charge < -0.3 is 24.5 Å². The van der Waals surface area contributed by atoms with Gasteiger partial charge in [0.05, 0.1) is 19.3 Å². The van der Waals surface area contributed by atoms with E-state index in [-0.39, 0.29) is 18.0 Å². The second-order valence-corrected chi connectivity index (χ2v) is 13.0. The van der Waals surface area contributed by atoms with Crippen molar-refractivity contribution >= 4 is 23.0 Å². The highest BCUT2D eigenvalue weighted by molar-refractivity contribution is 5.86. The van der Waals surface area contributed by atoms with Crippen LogP contribution >= 0.6 is 0 Å². The summed E-state index contributed by atoms with van der Waals surface area (Å²) < 4.78 is 11.7. The number of morpholine rings is 1. The molecule has 2 aromatic heterocycles. The highest BCUT2D eigenvalue weighted by Crippen LogP contribution is 2.38. The number of benzene rings is 1. The van der Waals surface area contributed by atoms with E-state index in [1.54, 1.807) is 9.80 Å². The van der Waals surface area contributed by atoms with Crippen molar-refractivity contribution in [1.82, 2.24) is 19.8 Å². The molecule has 2 amide bonds. The van der Waals surface area contributed by atoms with Gasteiger partial charge in [-0.05, 0) is 86.9 Å². The smallest absolute Gasteiger partial charge is 0.410 e.